The van der Waals surface area contributed by atoms with Crippen LogP contribution < -0.4 is 4.31 Å². The smallest absolute Gasteiger partial charge is 0.344 e. The normalized spacial score (nSPS) is 20.6. The van der Waals surface area contributed by atoms with Gasteiger partial charge in [0.2, 0.25) is 0 Å². The van der Waals surface area contributed by atoms with Gasteiger partial charge in [0.1, 0.15) is 6.10 Å². The Morgan fingerprint density at radius 2 is 1.76 bits per heavy atom. The molecule has 3 atom stereocenters. The number of carbonyl (C=O) groups excluding carboxylic acids is 2. The van der Waals surface area contributed by atoms with Crippen LogP contribution >= 0.6 is 0 Å². The molecule has 0 spiro atoms. The number of esters is 2. The van der Waals surface area contributed by atoms with Crippen LogP contribution in [0.15, 0.2) is 59.5 Å². The molecule has 0 radical (unpaired) electrons. The maximum absolute atomic E-state index is 13.0. The highest BCUT2D eigenvalue weighted by atomic mass is 32.2. The lowest BCUT2D eigenvalue weighted by Gasteiger charge is -2.36. The molecule has 0 aliphatic heterocycles. The van der Waals surface area contributed by atoms with Crippen molar-refractivity contribution < 1.29 is 27.5 Å². The minimum absolute atomic E-state index is 0.0432. The molecular weight excluding hydrogens is 454 g/mol. The lowest BCUT2D eigenvalue weighted by molar-refractivity contribution is -0.159. The Labute approximate surface area is 202 Å². The molecule has 1 saturated carbocycles. The van der Waals surface area contributed by atoms with E-state index in [4.69, 9.17) is 9.47 Å². The van der Waals surface area contributed by atoms with E-state index >= 15 is 0 Å². The van der Waals surface area contributed by atoms with Gasteiger partial charge in [-0.3, -0.25) is 4.31 Å². The molecule has 34 heavy (non-hydrogen) atoms. The minimum Gasteiger partial charge on any atom is -0.460 e. The third-order valence-electron chi connectivity index (χ3n) is 6.41. The highest BCUT2D eigenvalue weighted by molar-refractivity contribution is 7.92. The second kappa shape index (κ2) is 11.0. The van der Waals surface area contributed by atoms with Gasteiger partial charge in [-0.05, 0) is 60.9 Å². The summed E-state index contributed by atoms with van der Waals surface area (Å²) in [6.07, 6.45) is 2.74. The van der Waals surface area contributed by atoms with E-state index in [1.165, 1.54) is 31.3 Å². The fraction of sp³-hybridized carbons (Fsp3) is 0.462. The van der Waals surface area contributed by atoms with Gasteiger partial charge in [0, 0.05) is 7.05 Å². The summed E-state index contributed by atoms with van der Waals surface area (Å²) in [4.78, 5) is 24.9. The molecular formula is C26H33NO6S. The Kier molecular flexibility index (Phi) is 8.36. The molecule has 7 nitrogen and oxygen atoms in total. The maximum atomic E-state index is 13.0. The van der Waals surface area contributed by atoms with E-state index in [-0.39, 0.29) is 16.6 Å². The number of rotatable bonds is 8. The molecule has 2 aromatic rings. The van der Waals surface area contributed by atoms with Crippen LogP contribution in [-0.2, 0) is 24.3 Å². The number of sulfonamides is 1. The number of benzene rings is 2. The third-order valence-corrected chi connectivity index (χ3v) is 8.19. The second-order valence-corrected chi connectivity index (χ2v) is 11.2. The van der Waals surface area contributed by atoms with Crippen LogP contribution in [0.25, 0.3) is 0 Å². The number of anilines is 1. The lowest BCUT2D eigenvalue weighted by atomic mass is 9.75. The summed E-state index contributed by atoms with van der Waals surface area (Å²) in [6.45, 7) is 5.87. The van der Waals surface area contributed by atoms with E-state index < -0.39 is 28.6 Å². The van der Waals surface area contributed by atoms with Gasteiger partial charge in [-0.15, -0.1) is 0 Å². The zero-order chi connectivity index (χ0) is 24.9. The fourth-order valence-corrected chi connectivity index (χ4v) is 5.62. The van der Waals surface area contributed by atoms with Crippen molar-refractivity contribution in [2.75, 3.05) is 18.0 Å². The van der Waals surface area contributed by atoms with Crippen LogP contribution in [0.4, 0.5) is 5.69 Å². The van der Waals surface area contributed by atoms with Crippen LogP contribution in [-0.4, -0.2) is 40.1 Å². The first-order valence-corrected chi connectivity index (χ1v) is 13.0. The SMILES string of the molecule is CC1CCC(C(C)C)C(OC(=O)COC(=O)c2cccc(S(=O)(=O)N(C)c3ccccc3)c2)C1. The van der Waals surface area contributed by atoms with Crippen molar-refractivity contribution in [1.29, 1.82) is 0 Å². The zero-order valence-electron chi connectivity index (χ0n) is 20.1. The summed E-state index contributed by atoms with van der Waals surface area (Å²) in [7, 11) is -2.44. The van der Waals surface area contributed by atoms with E-state index in [0.29, 0.717) is 23.4 Å². The van der Waals surface area contributed by atoms with Gasteiger partial charge in [-0.25, -0.2) is 18.0 Å². The van der Waals surface area contributed by atoms with Crippen molar-refractivity contribution in [2.45, 2.75) is 51.0 Å². The van der Waals surface area contributed by atoms with Crippen LogP contribution in [0.3, 0.4) is 0 Å². The highest BCUT2D eigenvalue weighted by Gasteiger charge is 2.33. The third kappa shape index (κ3) is 6.17. The molecule has 0 saturated heterocycles. The van der Waals surface area contributed by atoms with Gasteiger partial charge in [-0.1, -0.05) is 51.5 Å². The average molecular weight is 488 g/mol. The number of nitrogens with zero attached hydrogens (tertiary/aromatic N) is 1. The number of carbonyl (C=O) groups is 2. The summed E-state index contributed by atoms with van der Waals surface area (Å²) in [5.74, 6) is -0.209. The van der Waals surface area contributed by atoms with Crippen molar-refractivity contribution >= 4 is 27.6 Å². The second-order valence-electron chi connectivity index (χ2n) is 9.27. The van der Waals surface area contributed by atoms with Crippen LogP contribution in [0.2, 0.25) is 0 Å². The summed E-state index contributed by atoms with van der Waals surface area (Å²) in [5, 5.41) is 0. The Morgan fingerprint density at radius 1 is 1.06 bits per heavy atom. The molecule has 0 bridgehead atoms. The summed E-state index contributed by atoms with van der Waals surface area (Å²) in [5.41, 5.74) is 0.539. The zero-order valence-corrected chi connectivity index (χ0v) is 21.0. The average Bonchev–Trinajstić information content (AvgIpc) is 2.82. The predicted molar refractivity (Wildman–Crippen MR) is 130 cm³/mol. The van der Waals surface area contributed by atoms with E-state index in [1.54, 1.807) is 30.3 Å². The van der Waals surface area contributed by atoms with Gasteiger partial charge < -0.3 is 9.47 Å². The molecule has 8 heteroatoms. The number of hydrogen-bond donors (Lipinski definition) is 0. The first kappa shape index (κ1) is 25.7. The Hall–Kier alpha value is -2.87. The Bertz CT molecular complexity index is 1100. The van der Waals surface area contributed by atoms with Crippen LogP contribution in [0, 0.1) is 17.8 Å². The maximum Gasteiger partial charge on any atom is 0.344 e. The summed E-state index contributed by atoms with van der Waals surface area (Å²) >= 11 is 0. The van der Waals surface area contributed by atoms with Gasteiger partial charge >= 0.3 is 11.9 Å². The summed E-state index contributed by atoms with van der Waals surface area (Å²) < 4.78 is 38.0. The van der Waals surface area contributed by atoms with E-state index in [2.05, 4.69) is 20.8 Å². The molecule has 1 aliphatic carbocycles. The van der Waals surface area contributed by atoms with Crippen molar-refractivity contribution in [3.05, 3.63) is 60.2 Å². The number of ether oxygens (including phenoxy) is 2. The monoisotopic (exact) mass is 487 g/mol. The molecule has 184 valence electrons. The van der Waals surface area contributed by atoms with Crippen molar-refractivity contribution in [3.8, 4) is 0 Å². The van der Waals surface area contributed by atoms with Gasteiger partial charge in [0.05, 0.1) is 16.1 Å². The standard InChI is InChI=1S/C26H33NO6S/c1-18(2)23-14-13-19(3)15-24(23)33-25(28)17-32-26(29)20-9-8-12-22(16-20)34(30,31)27(4)21-10-6-5-7-11-21/h5-12,16,18-19,23-24H,13-15,17H2,1-4H3. The van der Waals surface area contributed by atoms with E-state index in [1.807, 2.05) is 0 Å². The van der Waals surface area contributed by atoms with Crippen molar-refractivity contribution in [2.24, 2.45) is 17.8 Å². The van der Waals surface area contributed by atoms with Gasteiger partial charge in [-0.2, -0.15) is 0 Å². The van der Waals surface area contributed by atoms with Gasteiger partial charge in [0.25, 0.3) is 10.0 Å². The largest absolute Gasteiger partial charge is 0.460 e. The Balaban J connectivity index is 1.63. The molecule has 3 rings (SSSR count). The number of hydrogen-bond acceptors (Lipinski definition) is 6. The van der Waals surface area contributed by atoms with E-state index in [0.717, 1.165) is 23.6 Å². The predicted octanol–water partition coefficient (Wildman–Crippen LogP) is 4.67. The Morgan fingerprint density at radius 3 is 2.44 bits per heavy atom. The quantitative estimate of drug-likeness (QED) is 0.503. The number of para-hydroxylation sites is 1. The minimum atomic E-state index is -3.88. The van der Waals surface area contributed by atoms with Crippen molar-refractivity contribution in [3.63, 3.8) is 0 Å². The van der Waals surface area contributed by atoms with Gasteiger partial charge in [0.15, 0.2) is 6.61 Å². The van der Waals surface area contributed by atoms with Crippen LogP contribution in [0.5, 0.6) is 0 Å². The summed E-state index contributed by atoms with van der Waals surface area (Å²) in [6, 6.07) is 14.2. The first-order chi connectivity index (χ1) is 16.1. The molecule has 2 aromatic carbocycles. The molecule has 0 N–H and O–H groups in total. The molecule has 1 aliphatic rings. The molecule has 0 aromatic heterocycles. The molecule has 3 unspecified atom stereocenters. The lowest BCUT2D eigenvalue weighted by Crippen LogP contribution is -2.36. The fourth-order valence-electron chi connectivity index (χ4n) is 4.38. The molecule has 0 amide bonds. The first-order valence-electron chi connectivity index (χ1n) is 11.6. The van der Waals surface area contributed by atoms with Crippen LogP contribution in [0.1, 0.15) is 50.4 Å². The van der Waals surface area contributed by atoms with Crippen molar-refractivity contribution in [1.82, 2.24) is 0 Å². The molecule has 0 heterocycles. The molecule has 1 fully saturated rings. The highest BCUT2D eigenvalue weighted by Crippen LogP contribution is 2.35. The van der Waals surface area contributed by atoms with E-state index in [9.17, 15) is 18.0 Å². The topological polar surface area (TPSA) is 90.0 Å².